The molecule has 9 nitrogen and oxygen atoms in total. The molecule has 0 unspecified atom stereocenters. The normalized spacial score (nSPS) is 15.3. The number of nitro groups is 1. The van der Waals surface area contributed by atoms with Gasteiger partial charge in [0.25, 0.3) is 5.69 Å². The summed E-state index contributed by atoms with van der Waals surface area (Å²) in [4.78, 5) is 35.7. The summed E-state index contributed by atoms with van der Waals surface area (Å²) in [5, 5.41) is 13.3. The standard InChI is InChI=1S/C25H24N2O7S/c1-34-24(29)20(15-17-10-11-18-6-2-3-7-19(18)14-17)16-23(28)25(12-13-25)26-35(32,33)22-9-5-4-8-21(22)27(30)31/h2-11,14,20,26H,12-13,15-16H2,1H3/t20-/m1/s1. The zero-order chi connectivity index (χ0) is 25.2. The maximum absolute atomic E-state index is 13.2. The van der Waals surface area contributed by atoms with Gasteiger partial charge >= 0.3 is 5.97 Å². The highest BCUT2D eigenvalue weighted by Crippen LogP contribution is 2.40. The van der Waals surface area contributed by atoms with Gasteiger partial charge in [0.15, 0.2) is 10.7 Å². The van der Waals surface area contributed by atoms with Crippen LogP contribution in [-0.2, 0) is 30.8 Å². The fraction of sp³-hybridized carbons (Fsp3) is 0.280. The van der Waals surface area contributed by atoms with E-state index in [1.165, 1.54) is 19.2 Å². The van der Waals surface area contributed by atoms with E-state index in [1.54, 1.807) is 0 Å². The third-order valence-electron chi connectivity index (χ3n) is 6.23. The Morgan fingerprint density at radius 1 is 1.06 bits per heavy atom. The molecule has 3 aromatic carbocycles. The number of rotatable bonds is 10. The summed E-state index contributed by atoms with van der Waals surface area (Å²) < 4.78 is 33.2. The zero-order valence-corrected chi connectivity index (χ0v) is 19.8. The van der Waals surface area contributed by atoms with E-state index in [1.807, 2.05) is 42.5 Å². The van der Waals surface area contributed by atoms with Gasteiger partial charge in [-0.1, -0.05) is 54.6 Å². The van der Waals surface area contributed by atoms with Gasteiger partial charge in [0.1, 0.15) is 0 Å². The molecule has 1 aliphatic carbocycles. The molecule has 10 heteroatoms. The van der Waals surface area contributed by atoms with Crippen molar-refractivity contribution in [2.24, 2.45) is 5.92 Å². The largest absolute Gasteiger partial charge is 0.469 e. The molecule has 1 fully saturated rings. The molecule has 0 heterocycles. The van der Waals surface area contributed by atoms with E-state index in [0.29, 0.717) is 0 Å². The van der Waals surface area contributed by atoms with E-state index in [2.05, 4.69) is 4.72 Å². The minimum atomic E-state index is -4.35. The number of ether oxygens (including phenoxy) is 1. The number of hydrogen-bond donors (Lipinski definition) is 1. The Hall–Kier alpha value is -3.63. The van der Waals surface area contributed by atoms with Crippen LogP contribution in [0.3, 0.4) is 0 Å². The molecule has 0 aromatic heterocycles. The van der Waals surface area contributed by atoms with Crippen molar-refractivity contribution < 1.29 is 27.7 Å². The van der Waals surface area contributed by atoms with Crippen molar-refractivity contribution in [3.63, 3.8) is 0 Å². The lowest BCUT2D eigenvalue weighted by Gasteiger charge is -2.20. The molecule has 3 aromatic rings. The van der Waals surface area contributed by atoms with Gasteiger partial charge in [0.05, 0.1) is 23.5 Å². The Kier molecular flexibility index (Phi) is 6.68. The number of Topliss-reactive ketones (excluding diaryl/α,β-unsaturated/α-hetero) is 1. The van der Waals surface area contributed by atoms with E-state index in [4.69, 9.17) is 4.74 Å². The minimum absolute atomic E-state index is 0.223. The third kappa shape index (κ3) is 5.23. The number of sulfonamides is 1. The van der Waals surface area contributed by atoms with Crippen molar-refractivity contribution in [2.45, 2.75) is 36.1 Å². The average molecular weight is 497 g/mol. The maximum atomic E-state index is 13.2. The van der Waals surface area contributed by atoms with Crippen molar-refractivity contribution in [3.05, 3.63) is 82.4 Å². The second-order valence-electron chi connectivity index (χ2n) is 8.65. The minimum Gasteiger partial charge on any atom is -0.469 e. The number of nitro benzene ring substituents is 1. The molecular formula is C25H24N2O7S. The van der Waals surface area contributed by atoms with E-state index < -0.39 is 48.7 Å². The van der Waals surface area contributed by atoms with Gasteiger partial charge in [-0.3, -0.25) is 19.7 Å². The Morgan fingerprint density at radius 2 is 1.71 bits per heavy atom. The second-order valence-corrected chi connectivity index (χ2v) is 10.3. The van der Waals surface area contributed by atoms with Gasteiger partial charge in [0, 0.05) is 12.5 Å². The van der Waals surface area contributed by atoms with Crippen LogP contribution in [0.15, 0.2) is 71.6 Å². The first kappa shape index (κ1) is 24.5. The van der Waals surface area contributed by atoms with E-state index in [0.717, 1.165) is 28.5 Å². The van der Waals surface area contributed by atoms with Crippen molar-refractivity contribution >= 4 is 38.2 Å². The predicted octanol–water partition coefficient (Wildman–Crippen LogP) is 3.55. The second kappa shape index (κ2) is 9.55. The molecular weight excluding hydrogens is 472 g/mol. The van der Waals surface area contributed by atoms with E-state index >= 15 is 0 Å². The Balaban J connectivity index is 1.54. The summed E-state index contributed by atoms with van der Waals surface area (Å²) in [7, 11) is -3.11. The number of fused-ring (bicyclic) bond motifs is 1. The van der Waals surface area contributed by atoms with Crippen LogP contribution in [0, 0.1) is 16.0 Å². The number of methoxy groups -OCH3 is 1. The fourth-order valence-corrected chi connectivity index (χ4v) is 5.80. The van der Waals surface area contributed by atoms with Crippen LogP contribution in [0.2, 0.25) is 0 Å². The Bertz CT molecular complexity index is 1410. The van der Waals surface area contributed by atoms with Crippen molar-refractivity contribution in [3.8, 4) is 0 Å². The summed E-state index contributed by atoms with van der Waals surface area (Å²) >= 11 is 0. The molecule has 1 saturated carbocycles. The lowest BCUT2D eigenvalue weighted by molar-refractivity contribution is -0.387. The number of nitrogens with one attached hydrogen (secondary N) is 1. The molecule has 182 valence electrons. The van der Waals surface area contributed by atoms with E-state index in [-0.39, 0.29) is 25.7 Å². The first-order valence-electron chi connectivity index (χ1n) is 11.0. The van der Waals surface area contributed by atoms with Gasteiger partial charge < -0.3 is 4.74 Å². The molecule has 0 saturated heterocycles. The molecule has 1 N–H and O–H groups in total. The first-order valence-corrected chi connectivity index (χ1v) is 12.5. The van der Waals surface area contributed by atoms with Gasteiger partial charge in [-0.25, -0.2) is 8.42 Å². The Labute approximate surface area is 202 Å². The SMILES string of the molecule is COC(=O)[C@@H](CC(=O)C1(NS(=O)(=O)c2ccccc2[N+](=O)[O-])CC1)Cc1ccc2ccccc2c1. The summed E-state index contributed by atoms with van der Waals surface area (Å²) in [5.74, 6) is -1.82. The molecule has 4 rings (SSSR count). The van der Waals surface area contributed by atoms with Gasteiger partial charge in [-0.2, -0.15) is 4.72 Å². The molecule has 1 atom stereocenters. The molecule has 0 radical (unpaired) electrons. The quantitative estimate of drug-likeness (QED) is 0.258. The number of nitrogens with zero attached hydrogens (tertiary/aromatic N) is 1. The smallest absolute Gasteiger partial charge is 0.309 e. The molecule has 35 heavy (non-hydrogen) atoms. The summed E-state index contributed by atoms with van der Waals surface area (Å²) in [6.07, 6.45) is 0.514. The van der Waals surface area contributed by atoms with Crippen LogP contribution >= 0.6 is 0 Å². The highest BCUT2D eigenvalue weighted by atomic mass is 32.2. The van der Waals surface area contributed by atoms with Crippen molar-refractivity contribution in [1.82, 2.24) is 4.72 Å². The van der Waals surface area contributed by atoms with Crippen molar-refractivity contribution in [1.29, 1.82) is 0 Å². The zero-order valence-electron chi connectivity index (χ0n) is 19.0. The first-order chi connectivity index (χ1) is 16.6. The number of carbonyl (C=O) groups excluding carboxylic acids is 2. The summed E-state index contributed by atoms with van der Waals surface area (Å²) in [6.45, 7) is 0. The van der Waals surface area contributed by atoms with Crippen LogP contribution in [0.4, 0.5) is 5.69 Å². The van der Waals surface area contributed by atoms with Crippen LogP contribution in [0.25, 0.3) is 10.8 Å². The predicted molar refractivity (Wildman–Crippen MR) is 128 cm³/mol. The van der Waals surface area contributed by atoms with Crippen molar-refractivity contribution in [2.75, 3.05) is 7.11 Å². The van der Waals surface area contributed by atoms with Crippen LogP contribution in [-0.4, -0.2) is 37.7 Å². The van der Waals surface area contributed by atoms with Crippen LogP contribution in [0.1, 0.15) is 24.8 Å². The molecule has 0 spiro atoms. The van der Waals surface area contributed by atoms with Gasteiger partial charge in [0.2, 0.25) is 10.0 Å². The molecule has 0 bridgehead atoms. The number of benzene rings is 3. The number of esters is 1. The highest BCUT2D eigenvalue weighted by molar-refractivity contribution is 7.89. The lowest BCUT2D eigenvalue weighted by atomic mass is 9.91. The topological polar surface area (TPSA) is 133 Å². The van der Waals surface area contributed by atoms with Crippen LogP contribution < -0.4 is 4.72 Å². The maximum Gasteiger partial charge on any atom is 0.309 e. The highest BCUT2D eigenvalue weighted by Gasteiger charge is 2.53. The van der Waals surface area contributed by atoms with Gasteiger partial charge in [-0.05, 0) is 41.7 Å². The number of hydrogen-bond acceptors (Lipinski definition) is 7. The number of para-hydroxylation sites is 1. The Morgan fingerprint density at radius 3 is 2.37 bits per heavy atom. The lowest BCUT2D eigenvalue weighted by Crippen LogP contribution is -2.44. The summed E-state index contributed by atoms with van der Waals surface area (Å²) in [6, 6.07) is 18.5. The monoisotopic (exact) mass is 496 g/mol. The molecule has 0 amide bonds. The van der Waals surface area contributed by atoms with Crippen LogP contribution in [0.5, 0.6) is 0 Å². The number of carbonyl (C=O) groups is 2. The third-order valence-corrected chi connectivity index (χ3v) is 7.81. The summed E-state index contributed by atoms with van der Waals surface area (Å²) in [5.41, 5.74) is -1.12. The molecule has 1 aliphatic rings. The number of ketones is 1. The molecule has 0 aliphatic heterocycles. The average Bonchev–Trinajstić information content (AvgIpc) is 3.63. The van der Waals surface area contributed by atoms with E-state index in [9.17, 15) is 28.1 Å². The van der Waals surface area contributed by atoms with Gasteiger partial charge in [-0.15, -0.1) is 0 Å². The fourth-order valence-electron chi connectivity index (χ4n) is 4.19.